The summed E-state index contributed by atoms with van der Waals surface area (Å²) < 4.78 is 5.50. The number of rotatable bonds is 5. The average molecular weight is 212 g/mol. The largest absolute Gasteiger partial charge is 0.481 e. The molecule has 0 spiro atoms. The summed E-state index contributed by atoms with van der Waals surface area (Å²) in [6, 6.07) is 0. The highest BCUT2D eigenvalue weighted by atomic mass is 16.5. The van der Waals surface area contributed by atoms with Crippen molar-refractivity contribution in [2.45, 2.75) is 38.5 Å². The molecule has 2 aliphatic rings. The molecule has 1 aliphatic heterocycles. The molecule has 86 valence electrons. The van der Waals surface area contributed by atoms with Crippen molar-refractivity contribution >= 4 is 5.97 Å². The molecule has 0 aromatic heterocycles. The lowest BCUT2D eigenvalue weighted by Crippen LogP contribution is -2.27. The molecule has 0 bridgehead atoms. The molecule has 3 heteroatoms. The van der Waals surface area contributed by atoms with Gasteiger partial charge in [0, 0.05) is 19.6 Å². The van der Waals surface area contributed by atoms with Gasteiger partial charge >= 0.3 is 5.97 Å². The monoisotopic (exact) mass is 212 g/mol. The second kappa shape index (κ2) is 4.97. The molecule has 1 heterocycles. The van der Waals surface area contributed by atoms with E-state index >= 15 is 0 Å². The molecule has 1 saturated carbocycles. The fourth-order valence-corrected chi connectivity index (χ4v) is 2.77. The number of hydrogen-bond acceptors (Lipinski definition) is 2. The number of hydrogen-bond donors (Lipinski definition) is 1. The van der Waals surface area contributed by atoms with Gasteiger partial charge in [0.05, 0.1) is 0 Å². The van der Waals surface area contributed by atoms with Crippen LogP contribution in [0, 0.1) is 17.8 Å². The Labute approximate surface area is 90.8 Å². The van der Waals surface area contributed by atoms with Gasteiger partial charge in [0.2, 0.25) is 0 Å². The second-order valence-corrected chi connectivity index (χ2v) is 4.91. The minimum Gasteiger partial charge on any atom is -0.481 e. The summed E-state index contributed by atoms with van der Waals surface area (Å²) in [6.45, 7) is 1.76. The van der Waals surface area contributed by atoms with Crippen molar-refractivity contribution in [3.63, 3.8) is 0 Å². The summed E-state index contributed by atoms with van der Waals surface area (Å²) in [5, 5.41) is 8.73. The normalized spacial score (nSPS) is 28.7. The van der Waals surface area contributed by atoms with E-state index in [4.69, 9.17) is 9.84 Å². The quantitative estimate of drug-likeness (QED) is 0.760. The van der Waals surface area contributed by atoms with Crippen molar-refractivity contribution in [3.8, 4) is 0 Å². The summed E-state index contributed by atoms with van der Waals surface area (Å²) in [5.74, 6) is 1.39. The fourth-order valence-electron chi connectivity index (χ4n) is 2.77. The SMILES string of the molecule is O=C(O)CCC(C1CC1)C1CCCOC1. The van der Waals surface area contributed by atoms with Crippen molar-refractivity contribution in [1.29, 1.82) is 0 Å². The predicted octanol–water partition coefficient (Wildman–Crippen LogP) is 2.30. The van der Waals surface area contributed by atoms with Crippen LogP contribution in [0.2, 0.25) is 0 Å². The molecule has 0 aromatic rings. The van der Waals surface area contributed by atoms with E-state index in [0.717, 1.165) is 32.0 Å². The Morgan fingerprint density at radius 1 is 1.33 bits per heavy atom. The van der Waals surface area contributed by atoms with Gasteiger partial charge in [0.1, 0.15) is 0 Å². The van der Waals surface area contributed by atoms with Gasteiger partial charge in [-0.05, 0) is 49.9 Å². The first-order valence-corrected chi connectivity index (χ1v) is 6.07. The first-order valence-electron chi connectivity index (χ1n) is 6.07. The highest BCUT2D eigenvalue weighted by Crippen LogP contribution is 2.44. The van der Waals surface area contributed by atoms with E-state index in [2.05, 4.69) is 0 Å². The molecule has 0 amide bonds. The van der Waals surface area contributed by atoms with Gasteiger partial charge in [-0.2, -0.15) is 0 Å². The number of ether oxygens (including phenoxy) is 1. The maximum Gasteiger partial charge on any atom is 0.303 e. The fraction of sp³-hybridized carbons (Fsp3) is 0.917. The smallest absolute Gasteiger partial charge is 0.303 e. The standard InChI is InChI=1S/C12H20O3/c13-12(14)6-5-11(9-3-4-9)10-2-1-7-15-8-10/h9-11H,1-8H2,(H,13,14). The summed E-state index contributed by atoms with van der Waals surface area (Å²) in [7, 11) is 0. The number of carbonyl (C=O) groups is 1. The molecule has 0 radical (unpaired) electrons. The number of carboxylic acids is 1. The van der Waals surface area contributed by atoms with Crippen molar-refractivity contribution in [2.24, 2.45) is 17.8 Å². The highest BCUT2D eigenvalue weighted by Gasteiger charge is 2.37. The van der Waals surface area contributed by atoms with Crippen LogP contribution in [0.5, 0.6) is 0 Å². The Balaban J connectivity index is 1.83. The Kier molecular flexibility index (Phi) is 3.62. The van der Waals surface area contributed by atoms with Crippen LogP contribution in [0.4, 0.5) is 0 Å². The summed E-state index contributed by atoms with van der Waals surface area (Å²) in [6.07, 6.45) is 6.19. The Hall–Kier alpha value is -0.570. The molecular formula is C12H20O3. The molecule has 2 fully saturated rings. The third-order valence-corrected chi connectivity index (χ3v) is 3.72. The lowest BCUT2D eigenvalue weighted by atomic mass is 9.81. The lowest BCUT2D eigenvalue weighted by molar-refractivity contribution is -0.137. The maximum absolute atomic E-state index is 10.6. The summed E-state index contributed by atoms with van der Waals surface area (Å²) in [4.78, 5) is 10.6. The number of carboxylic acid groups (broad SMARTS) is 1. The molecule has 0 aromatic carbocycles. The van der Waals surface area contributed by atoms with E-state index in [1.54, 1.807) is 0 Å². The third kappa shape index (κ3) is 3.20. The van der Waals surface area contributed by atoms with Crippen molar-refractivity contribution in [1.82, 2.24) is 0 Å². The average Bonchev–Trinajstić information content (AvgIpc) is 3.03. The molecule has 3 nitrogen and oxygen atoms in total. The van der Waals surface area contributed by atoms with Crippen molar-refractivity contribution < 1.29 is 14.6 Å². The van der Waals surface area contributed by atoms with Crippen LogP contribution in [-0.2, 0) is 9.53 Å². The first kappa shape index (κ1) is 10.9. The zero-order chi connectivity index (χ0) is 10.7. The maximum atomic E-state index is 10.6. The molecule has 1 saturated heterocycles. The molecule has 1 aliphatic carbocycles. The van der Waals surface area contributed by atoms with Gasteiger partial charge in [-0.3, -0.25) is 4.79 Å². The zero-order valence-corrected chi connectivity index (χ0v) is 9.15. The predicted molar refractivity (Wildman–Crippen MR) is 56.6 cm³/mol. The van der Waals surface area contributed by atoms with Gasteiger partial charge < -0.3 is 9.84 Å². The molecule has 2 unspecified atom stereocenters. The van der Waals surface area contributed by atoms with Crippen LogP contribution >= 0.6 is 0 Å². The molecule has 15 heavy (non-hydrogen) atoms. The topological polar surface area (TPSA) is 46.5 Å². The second-order valence-electron chi connectivity index (χ2n) is 4.91. The van der Waals surface area contributed by atoms with E-state index in [-0.39, 0.29) is 0 Å². The zero-order valence-electron chi connectivity index (χ0n) is 9.15. The minimum absolute atomic E-state index is 0.331. The molecule has 2 atom stereocenters. The molecular weight excluding hydrogens is 192 g/mol. The summed E-state index contributed by atoms with van der Waals surface area (Å²) >= 11 is 0. The summed E-state index contributed by atoms with van der Waals surface area (Å²) in [5.41, 5.74) is 0. The van der Waals surface area contributed by atoms with Crippen molar-refractivity contribution in [3.05, 3.63) is 0 Å². The van der Waals surface area contributed by atoms with Gasteiger partial charge in [0.25, 0.3) is 0 Å². The molecule has 1 N–H and O–H groups in total. The van der Waals surface area contributed by atoms with Gasteiger partial charge in [-0.1, -0.05) is 0 Å². The van der Waals surface area contributed by atoms with E-state index in [9.17, 15) is 4.79 Å². The lowest BCUT2D eigenvalue weighted by Gasteiger charge is -2.30. The van der Waals surface area contributed by atoms with Gasteiger partial charge in [-0.25, -0.2) is 0 Å². The molecule has 2 rings (SSSR count). The van der Waals surface area contributed by atoms with Gasteiger partial charge in [0.15, 0.2) is 0 Å². The van der Waals surface area contributed by atoms with E-state index in [1.807, 2.05) is 0 Å². The Morgan fingerprint density at radius 3 is 2.67 bits per heavy atom. The van der Waals surface area contributed by atoms with Crippen LogP contribution in [-0.4, -0.2) is 24.3 Å². The Bertz CT molecular complexity index is 217. The van der Waals surface area contributed by atoms with E-state index < -0.39 is 5.97 Å². The number of aliphatic carboxylic acids is 1. The van der Waals surface area contributed by atoms with Crippen LogP contribution in [0.25, 0.3) is 0 Å². The Morgan fingerprint density at radius 2 is 2.13 bits per heavy atom. The third-order valence-electron chi connectivity index (χ3n) is 3.72. The van der Waals surface area contributed by atoms with E-state index in [1.165, 1.54) is 19.3 Å². The van der Waals surface area contributed by atoms with Crippen LogP contribution in [0.15, 0.2) is 0 Å². The van der Waals surface area contributed by atoms with Crippen molar-refractivity contribution in [2.75, 3.05) is 13.2 Å². The van der Waals surface area contributed by atoms with E-state index in [0.29, 0.717) is 18.3 Å². The first-order chi connectivity index (χ1) is 7.27. The highest BCUT2D eigenvalue weighted by molar-refractivity contribution is 5.66. The minimum atomic E-state index is -0.655. The van der Waals surface area contributed by atoms with Crippen LogP contribution in [0.3, 0.4) is 0 Å². The van der Waals surface area contributed by atoms with Crippen LogP contribution in [0.1, 0.15) is 38.5 Å². The van der Waals surface area contributed by atoms with Crippen LogP contribution < -0.4 is 0 Å². The van der Waals surface area contributed by atoms with Gasteiger partial charge in [-0.15, -0.1) is 0 Å².